The Balaban J connectivity index is 2.25. The molecule has 1 rings (SSSR count). The minimum absolute atomic E-state index is 0.122. The van der Waals surface area contributed by atoms with Gasteiger partial charge in [-0.25, -0.2) is 0 Å². The predicted molar refractivity (Wildman–Crippen MR) is 60.4 cm³/mol. The van der Waals surface area contributed by atoms with E-state index >= 15 is 0 Å². The first kappa shape index (κ1) is 12.5. The lowest BCUT2D eigenvalue weighted by molar-refractivity contribution is -0.152. The van der Waals surface area contributed by atoms with Crippen molar-refractivity contribution in [3.63, 3.8) is 0 Å². The van der Waals surface area contributed by atoms with Crippen molar-refractivity contribution in [2.24, 2.45) is 11.7 Å². The van der Waals surface area contributed by atoms with Crippen LogP contribution in [-0.2, 0) is 9.53 Å². The zero-order chi connectivity index (χ0) is 11.3. The van der Waals surface area contributed by atoms with Gasteiger partial charge in [0.05, 0.1) is 0 Å². The van der Waals surface area contributed by atoms with Crippen molar-refractivity contribution in [1.82, 2.24) is 0 Å². The van der Waals surface area contributed by atoms with Crippen LogP contribution < -0.4 is 5.73 Å². The molecular formula is C12H23NO2. The van der Waals surface area contributed by atoms with Crippen molar-refractivity contribution in [2.45, 2.75) is 64.5 Å². The van der Waals surface area contributed by atoms with Gasteiger partial charge >= 0.3 is 5.97 Å². The number of esters is 1. The highest BCUT2D eigenvalue weighted by Crippen LogP contribution is 2.25. The summed E-state index contributed by atoms with van der Waals surface area (Å²) in [6.45, 7) is 4.27. The standard InChI is InChI=1S/C12H23NO2/c1-3-4-11(13)12(14)15-10-7-5-9(2)6-8-10/h9-11H,3-8,13H2,1-2H3. The van der Waals surface area contributed by atoms with E-state index in [2.05, 4.69) is 6.92 Å². The molecule has 0 bridgehead atoms. The molecule has 1 saturated carbocycles. The largest absolute Gasteiger partial charge is 0.461 e. The summed E-state index contributed by atoms with van der Waals surface area (Å²) < 4.78 is 5.39. The summed E-state index contributed by atoms with van der Waals surface area (Å²) in [7, 11) is 0. The summed E-state index contributed by atoms with van der Waals surface area (Å²) >= 11 is 0. The molecule has 0 aromatic heterocycles. The van der Waals surface area contributed by atoms with Crippen LogP contribution in [0, 0.1) is 5.92 Å². The lowest BCUT2D eigenvalue weighted by Gasteiger charge is -2.26. The van der Waals surface area contributed by atoms with Crippen LogP contribution in [0.2, 0.25) is 0 Å². The van der Waals surface area contributed by atoms with Crippen molar-refractivity contribution in [3.8, 4) is 0 Å². The smallest absolute Gasteiger partial charge is 0.323 e. The first-order valence-corrected chi connectivity index (χ1v) is 6.09. The molecule has 1 aliphatic rings. The molecule has 0 amide bonds. The molecule has 0 radical (unpaired) electrons. The van der Waals surface area contributed by atoms with E-state index in [-0.39, 0.29) is 12.1 Å². The number of hydrogen-bond donors (Lipinski definition) is 1. The fraction of sp³-hybridized carbons (Fsp3) is 0.917. The molecule has 0 aromatic carbocycles. The highest BCUT2D eigenvalue weighted by Gasteiger charge is 2.23. The van der Waals surface area contributed by atoms with Gasteiger partial charge in [-0.3, -0.25) is 4.79 Å². The summed E-state index contributed by atoms with van der Waals surface area (Å²) in [6.07, 6.45) is 6.12. The molecule has 1 unspecified atom stereocenters. The van der Waals surface area contributed by atoms with E-state index in [0.29, 0.717) is 0 Å². The van der Waals surface area contributed by atoms with E-state index in [9.17, 15) is 4.79 Å². The Bertz CT molecular complexity index is 198. The third-order valence-electron chi connectivity index (χ3n) is 3.15. The van der Waals surface area contributed by atoms with Gasteiger partial charge in [-0.15, -0.1) is 0 Å². The molecule has 0 heterocycles. The molecule has 1 aliphatic carbocycles. The van der Waals surface area contributed by atoms with Gasteiger partial charge in [-0.05, 0) is 38.0 Å². The number of carbonyl (C=O) groups excluding carboxylic acids is 1. The summed E-state index contributed by atoms with van der Waals surface area (Å²) in [5.41, 5.74) is 5.70. The molecule has 2 N–H and O–H groups in total. The van der Waals surface area contributed by atoms with Gasteiger partial charge in [0.25, 0.3) is 0 Å². The zero-order valence-corrected chi connectivity index (χ0v) is 9.87. The van der Waals surface area contributed by atoms with Gasteiger partial charge in [-0.1, -0.05) is 20.3 Å². The van der Waals surface area contributed by atoms with E-state index in [1.165, 1.54) is 12.8 Å². The second kappa shape index (κ2) is 6.11. The monoisotopic (exact) mass is 213 g/mol. The van der Waals surface area contributed by atoms with Crippen LogP contribution in [0.25, 0.3) is 0 Å². The summed E-state index contributed by atoms with van der Waals surface area (Å²) in [6, 6.07) is -0.422. The number of ether oxygens (including phenoxy) is 1. The highest BCUT2D eigenvalue weighted by atomic mass is 16.5. The molecule has 0 saturated heterocycles. The third-order valence-corrected chi connectivity index (χ3v) is 3.15. The first-order chi connectivity index (χ1) is 7.13. The number of rotatable bonds is 4. The molecule has 1 atom stereocenters. The van der Waals surface area contributed by atoms with Crippen molar-refractivity contribution >= 4 is 5.97 Å². The molecule has 88 valence electrons. The van der Waals surface area contributed by atoms with Crippen molar-refractivity contribution in [3.05, 3.63) is 0 Å². The molecule has 1 fully saturated rings. The lowest BCUT2D eigenvalue weighted by atomic mass is 9.89. The Labute approximate surface area is 92.4 Å². The third kappa shape index (κ3) is 4.20. The first-order valence-electron chi connectivity index (χ1n) is 6.09. The quantitative estimate of drug-likeness (QED) is 0.729. The van der Waals surface area contributed by atoms with E-state index in [1.807, 2.05) is 6.92 Å². The Morgan fingerprint density at radius 2 is 2.00 bits per heavy atom. The Morgan fingerprint density at radius 1 is 1.40 bits per heavy atom. The van der Waals surface area contributed by atoms with Crippen LogP contribution in [0.5, 0.6) is 0 Å². The van der Waals surface area contributed by atoms with Gasteiger partial charge in [0, 0.05) is 0 Å². The maximum Gasteiger partial charge on any atom is 0.323 e. The number of hydrogen-bond acceptors (Lipinski definition) is 3. The van der Waals surface area contributed by atoms with E-state index in [4.69, 9.17) is 10.5 Å². The van der Waals surface area contributed by atoms with Gasteiger partial charge in [0.2, 0.25) is 0 Å². The van der Waals surface area contributed by atoms with Gasteiger partial charge < -0.3 is 10.5 Å². The van der Waals surface area contributed by atoms with Crippen LogP contribution in [0.1, 0.15) is 52.4 Å². The molecule has 3 nitrogen and oxygen atoms in total. The maximum atomic E-state index is 11.5. The normalized spacial score (nSPS) is 28.5. The van der Waals surface area contributed by atoms with Crippen LogP contribution >= 0.6 is 0 Å². The average molecular weight is 213 g/mol. The van der Waals surface area contributed by atoms with Gasteiger partial charge in [-0.2, -0.15) is 0 Å². The Kier molecular flexibility index (Phi) is 5.09. The second-order valence-electron chi connectivity index (χ2n) is 4.71. The van der Waals surface area contributed by atoms with E-state index < -0.39 is 6.04 Å². The molecule has 3 heteroatoms. The molecule has 0 spiro atoms. The van der Waals surface area contributed by atoms with Crippen LogP contribution in [0.4, 0.5) is 0 Å². The second-order valence-corrected chi connectivity index (χ2v) is 4.71. The fourth-order valence-electron chi connectivity index (χ4n) is 2.03. The molecular weight excluding hydrogens is 190 g/mol. The van der Waals surface area contributed by atoms with Crippen LogP contribution in [0.15, 0.2) is 0 Å². The minimum atomic E-state index is -0.422. The topological polar surface area (TPSA) is 52.3 Å². The van der Waals surface area contributed by atoms with E-state index in [1.54, 1.807) is 0 Å². The highest BCUT2D eigenvalue weighted by molar-refractivity contribution is 5.75. The maximum absolute atomic E-state index is 11.5. The molecule has 0 aromatic rings. The molecule has 15 heavy (non-hydrogen) atoms. The van der Waals surface area contributed by atoms with Gasteiger partial charge in [0.15, 0.2) is 0 Å². The van der Waals surface area contributed by atoms with Gasteiger partial charge in [0.1, 0.15) is 12.1 Å². The zero-order valence-electron chi connectivity index (χ0n) is 9.87. The Hall–Kier alpha value is -0.570. The number of nitrogens with two attached hydrogens (primary N) is 1. The van der Waals surface area contributed by atoms with Crippen molar-refractivity contribution in [1.29, 1.82) is 0 Å². The Morgan fingerprint density at radius 3 is 2.53 bits per heavy atom. The van der Waals surface area contributed by atoms with Crippen molar-refractivity contribution in [2.75, 3.05) is 0 Å². The summed E-state index contributed by atoms with van der Waals surface area (Å²) in [5.74, 6) is 0.570. The van der Waals surface area contributed by atoms with Crippen molar-refractivity contribution < 1.29 is 9.53 Å². The van der Waals surface area contributed by atoms with Crippen LogP contribution in [0.3, 0.4) is 0 Å². The minimum Gasteiger partial charge on any atom is -0.461 e. The summed E-state index contributed by atoms with van der Waals surface area (Å²) in [5, 5.41) is 0. The van der Waals surface area contributed by atoms with E-state index in [0.717, 1.165) is 31.6 Å². The lowest BCUT2D eigenvalue weighted by Crippen LogP contribution is -2.35. The fourth-order valence-corrected chi connectivity index (χ4v) is 2.03. The summed E-state index contributed by atoms with van der Waals surface area (Å²) in [4.78, 5) is 11.5. The SMILES string of the molecule is CCCC(N)C(=O)OC1CCC(C)CC1. The average Bonchev–Trinajstić information content (AvgIpc) is 2.22. The molecule has 0 aliphatic heterocycles. The van der Waals surface area contributed by atoms with Crippen LogP contribution in [-0.4, -0.2) is 18.1 Å². The number of carbonyl (C=O) groups is 1. The predicted octanol–water partition coefficient (Wildman–Crippen LogP) is 2.24.